The fourth-order valence-electron chi connectivity index (χ4n) is 2.66. The Morgan fingerprint density at radius 2 is 1.72 bits per heavy atom. The average molecular weight is 421 g/mol. The van der Waals surface area contributed by atoms with Crippen LogP contribution in [0.5, 0.6) is 11.5 Å². The first-order chi connectivity index (χ1) is 13.7. The molecule has 0 saturated heterocycles. The van der Waals surface area contributed by atoms with Crippen molar-refractivity contribution in [3.05, 3.63) is 59.7 Å². The van der Waals surface area contributed by atoms with Crippen molar-refractivity contribution in [3.63, 3.8) is 0 Å². The van der Waals surface area contributed by atoms with Gasteiger partial charge in [-0.05, 0) is 31.5 Å². The van der Waals surface area contributed by atoms with Gasteiger partial charge in [0.05, 0.1) is 26.0 Å². The van der Waals surface area contributed by atoms with Crippen LogP contribution in [0.3, 0.4) is 0 Å². The lowest BCUT2D eigenvalue weighted by Gasteiger charge is -2.21. The molecular formula is C21H28N2O5S. The number of aryl methyl sites for hydroxylation is 1. The lowest BCUT2D eigenvalue weighted by atomic mass is 10.1. The van der Waals surface area contributed by atoms with Gasteiger partial charge < -0.3 is 14.8 Å². The Hall–Kier alpha value is -2.58. The van der Waals surface area contributed by atoms with E-state index in [1.165, 1.54) is 0 Å². The highest BCUT2D eigenvalue weighted by Gasteiger charge is 2.21. The van der Waals surface area contributed by atoms with Gasteiger partial charge in [-0.15, -0.1) is 0 Å². The molecular weight excluding hydrogens is 392 g/mol. The predicted octanol–water partition coefficient (Wildman–Crippen LogP) is 2.35. The zero-order chi connectivity index (χ0) is 21.4. The van der Waals surface area contributed by atoms with E-state index in [0.29, 0.717) is 11.5 Å². The van der Waals surface area contributed by atoms with Gasteiger partial charge in [0.25, 0.3) is 0 Å². The van der Waals surface area contributed by atoms with Crippen LogP contribution >= 0.6 is 0 Å². The number of carbonyl (C=O) groups excluding carboxylic acids is 1. The standard InChI is InChI=1S/C21H28N2O5S/c1-16-9-11-18(12-10-16)13-23(29(4,25)26)14-21(24)22-17(2)15-28-20-8-6-5-7-19(20)27-3/h5-12,17H,13-15H2,1-4H3,(H,22,24)/t17-/m0/s1. The fourth-order valence-corrected chi connectivity index (χ4v) is 3.40. The van der Waals surface area contributed by atoms with E-state index in [-0.39, 0.29) is 25.7 Å². The molecule has 0 aliphatic heterocycles. The van der Waals surface area contributed by atoms with Crippen LogP contribution in [-0.2, 0) is 21.4 Å². The number of nitrogens with one attached hydrogen (secondary N) is 1. The summed E-state index contributed by atoms with van der Waals surface area (Å²) in [7, 11) is -1.99. The third-order valence-electron chi connectivity index (χ3n) is 4.23. The van der Waals surface area contributed by atoms with E-state index >= 15 is 0 Å². The molecule has 8 heteroatoms. The highest BCUT2D eigenvalue weighted by atomic mass is 32.2. The first kappa shape index (κ1) is 22.7. The third kappa shape index (κ3) is 7.40. The summed E-state index contributed by atoms with van der Waals surface area (Å²) in [6.07, 6.45) is 1.10. The SMILES string of the molecule is COc1ccccc1OC[C@H](C)NC(=O)CN(Cc1ccc(C)cc1)S(C)(=O)=O. The smallest absolute Gasteiger partial charge is 0.235 e. The molecule has 2 aromatic carbocycles. The van der Waals surface area contributed by atoms with Crippen molar-refractivity contribution < 1.29 is 22.7 Å². The maximum atomic E-state index is 12.4. The largest absolute Gasteiger partial charge is 0.493 e. The second-order valence-corrected chi connectivity index (χ2v) is 8.93. The summed E-state index contributed by atoms with van der Waals surface area (Å²) in [6.45, 7) is 3.85. The van der Waals surface area contributed by atoms with Gasteiger partial charge >= 0.3 is 0 Å². The van der Waals surface area contributed by atoms with Crippen LogP contribution in [0.25, 0.3) is 0 Å². The third-order valence-corrected chi connectivity index (χ3v) is 5.43. The number of hydrogen-bond donors (Lipinski definition) is 1. The number of rotatable bonds is 10. The van der Waals surface area contributed by atoms with Gasteiger partial charge in [-0.1, -0.05) is 42.0 Å². The summed E-state index contributed by atoms with van der Waals surface area (Å²) in [6, 6.07) is 14.5. The summed E-state index contributed by atoms with van der Waals surface area (Å²) in [5.41, 5.74) is 1.91. The van der Waals surface area contributed by atoms with Crippen LogP contribution in [0.1, 0.15) is 18.1 Å². The molecule has 1 N–H and O–H groups in total. The van der Waals surface area contributed by atoms with Crippen LogP contribution in [0.4, 0.5) is 0 Å². The van der Waals surface area contributed by atoms with E-state index in [0.717, 1.165) is 21.7 Å². The van der Waals surface area contributed by atoms with Crippen molar-refractivity contribution in [1.29, 1.82) is 0 Å². The normalized spacial score (nSPS) is 12.4. The van der Waals surface area contributed by atoms with Gasteiger partial charge in [0.1, 0.15) is 6.61 Å². The Balaban J connectivity index is 1.92. The van der Waals surface area contributed by atoms with E-state index < -0.39 is 15.9 Å². The van der Waals surface area contributed by atoms with E-state index in [1.54, 1.807) is 26.2 Å². The number of sulfonamides is 1. The highest BCUT2D eigenvalue weighted by Crippen LogP contribution is 2.25. The predicted molar refractivity (Wildman–Crippen MR) is 113 cm³/mol. The van der Waals surface area contributed by atoms with Gasteiger partial charge in [0.2, 0.25) is 15.9 Å². The maximum absolute atomic E-state index is 12.4. The zero-order valence-corrected chi connectivity index (χ0v) is 18.0. The molecule has 1 amide bonds. The average Bonchev–Trinajstić information content (AvgIpc) is 2.67. The molecule has 0 heterocycles. The van der Waals surface area contributed by atoms with Crippen LogP contribution in [-0.4, -0.2) is 51.2 Å². The first-order valence-corrected chi connectivity index (χ1v) is 11.1. The van der Waals surface area contributed by atoms with E-state index in [9.17, 15) is 13.2 Å². The minimum absolute atomic E-state index is 0.138. The molecule has 0 unspecified atom stereocenters. The Morgan fingerprint density at radius 1 is 1.10 bits per heavy atom. The van der Waals surface area contributed by atoms with E-state index in [1.807, 2.05) is 43.3 Å². The number of para-hydroxylation sites is 2. The molecule has 7 nitrogen and oxygen atoms in total. The number of methoxy groups -OCH3 is 1. The molecule has 0 bridgehead atoms. The van der Waals surface area contributed by atoms with Crippen LogP contribution in [0.15, 0.2) is 48.5 Å². The van der Waals surface area contributed by atoms with Gasteiger partial charge in [0, 0.05) is 6.54 Å². The van der Waals surface area contributed by atoms with Crippen molar-refractivity contribution in [1.82, 2.24) is 9.62 Å². The van der Waals surface area contributed by atoms with Gasteiger partial charge in [-0.2, -0.15) is 4.31 Å². The van der Waals surface area contributed by atoms with Crippen molar-refractivity contribution in [2.75, 3.05) is 26.5 Å². The topological polar surface area (TPSA) is 84.9 Å². The molecule has 1 atom stereocenters. The second-order valence-electron chi connectivity index (χ2n) is 6.95. The lowest BCUT2D eigenvalue weighted by Crippen LogP contribution is -2.44. The molecule has 0 spiro atoms. The summed E-state index contributed by atoms with van der Waals surface area (Å²) in [5.74, 6) is 0.791. The van der Waals surface area contributed by atoms with Gasteiger partial charge in [0.15, 0.2) is 11.5 Å². The number of hydrogen-bond acceptors (Lipinski definition) is 5. The van der Waals surface area contributed by atoms with Crippen molar-refractivity contribution in [2.24, 2.45) is 0 Å². The quantitative estimate of drug-likeness (QED) is 0.638. The minimum Gasteiger partial charge on any atom is -0.493 e. The number of nitrogens with zero attached hydrogens (tertiary/aromatic N) is 1. The summed E-state index contributed by atoms with van der Waals surface area (Å²) in [4.78, 5) is 12.4. The lowest BCUT2D eigenvalue weighted by molar-refractivity contribution is -0.122. The monoisotopic (exact) mass is 420 g/mol. The molecule has 2 aromatic rings. The number of amides is 1. The molecule has 158 valence electrons. The minimum atomic E-state index is -3.54. The number of carbonyl (C=O) groups is 1. The number of ether oxygens (including phenoxy) is 2. The van der Waals surface area contributed by atoms with E-state index in [2.05, 4.69) is 5.32 Å². The zero-order valence-electron chi connectivity index (χ0n) is 17.2. The highest BCUT2D eigenvalue weighted by molar-refractivity contribution is 7.88. The Bertz CT molecular complexity index is 913. The molecule has 0 saturated carbocycles. The van der Waals surface area contributed by atoms with Crippen LogP contribution in [0, 0.1) is 6.92 Å². The number of benzene rings is 2. The molecule has 0 aliphatic rings. The van der Waals surface area contributed by atoms with Crippen molar-refractivity contribution in [2.45, 2.75) is 26.4 Å². The molecule has 0 aromatic heterocycles. The van der Waals surface area contributed by atoms with Crippen LogP contribution in [0.2, 0.25) is 0 Å². The van der Waals surface area contributed by atoms with E-state index in [4.69, 9.17) is 9.47 Å². The maximum Gasteiger partial charge on any atom is 0.235 e. The molecule has 2 rings (SSSR count). The first-order valence-electron chi connectivity index (χ1n) is 9.25. The second kappa shape index (κ2) is 10.3. The molecule has 0 fully saturated rings. The summed E-state index contributed by atoms with van der Waals surface area (Å²) >= 11 is 0. The molecule has 0 radical (unpaired) electrons. The molecule has 0 aliphatic carbocycles. The fraction of sp³-hybridized carbons (Fsp3) is 0.381. The summed E-state index contributed by atoms with van der Waals surface area (Å²) in [5, 5.41) is 2.77. The van der Waals surface area contributed by atoms with Crippen molar-refractivity contribution in [3.8, 4) is 11.5 Å². The molecule has 29 heavy (non-hydrogen) atoms. The van der Waals surface area contributed by atoms with Gasteiger partial charge in [-0.3, -0.25) is 4.79 Å². The Kier molecular flexibility index (Phi) is 8.04. The Labute approximate surface area is 172 Å². The summed E-state index contributed by atoms with van der Waals surface area (Å²) < 4.78 is 36.3. The van der Waals surface area contributed by atoms with Crippen molar-refractivity contribution >= 4 is 15.9 Å². The van der Waals surface area contributed by atoms with Gasteiger partial charge in [-0.25, -0.2) is 8.42 Å². The van der Waals surface area contributed by atoms with Crippen LogP contribution < -0.4 is 14.8 Å². The Morgan fingerprint density at radius 3 is 2.31 bits per heavy atom.